The summed E-state index contributed by atoms with van der Waals surface area (Å²) in [4.78, 5) is 12.2. The van der Waals surface area contributed by atoms with E-state index in [1.54, 1.807) is 18.3 Å². The molecule has 0 unspecified atom stereocenters. The fourth-order valence-corrected chi connectivity index (χ4v) is 2.62. The van der Waals surface area contributed by atoms with Crippen molar-refractivity contribution in [3.8, 4) is 5.75 Å². The third-order valence-electron chi connectivity index (χ3n) is 3.87. The van der Waals surface area contributed by atoms with Crippen molar-refractivity contribution in [1.82, 2.24) is 5.43 Å². The zero-order valence-electron chi connectivity index (χ0n) is 12.2. The minimum atomic E-state index is -0.397. The Morgan fingerprint density at radius 2 is 2.00 bits per heavy atom. The number of hydrogen-bond donors (Lipinski definition) is 2. The number of allylic oxidation sites excluding steroid dienone is 2. The van der Waals surface area contributed by atoms with Crippen molar-refractivity contribution in [3.05, 3.63) is 54.1 Å². The molecule has 0 fully saturated rings. The number of amides is 1. The summed E-state index contributed by atoms with van der Waals surface area (Å²) in [6.07, 6.45) is 9.14. The maximum Gasteiger partial charge on any atom is 0.275 e. The molecule has 0 spiro atoms. The normalized spacial score (nSPS) is 17.9. The summed E-state index contributed by atoms with van der Waals surface area (Å²) in [5, 5.41) is 15.8. The Bertz CT molecular complexity index is 750. The van der Waals surface area contributed by atoms with E-state index in [4.69, 9.17) is 0 Å². The summed E-state index contributed by atoms with van der Waals surface area (Å²) in [6, 6.07) is 10.9. The number of benzene rings is 2. The lowest BCUT2D eigenvalue weighted by atomic mass is 9.96. The third-order valence-corrected chi connectivity index (χ3v) is 3.87. The summed E-state index contributed by atoms with van der Waals surface area (Å²) in [7, 11) is 0. The number of nitrogens with zero attached hydrogens (tertiary/aromatic N) is 1. The van der Waals surface area contributed by atoms with Crippen LogP contribution in [-0.2, 0) is 0 Å². The van der Waals surface area contributed by atoms with E-state index >= 15 is 0 Å². The highest BCUT2D eigenvalue weighted by atomic mass is 16.3. The summed E-state index contributed by atoms with van der Waals surface area (Å²) >= 11 is 0. The molecule has 4 heteroatoms. The average molecular weight is 294 g/mol. The quantitative estimate of drug-likeness (QED) is 0.516. The number of carbonyl (C=O) groups excluding carboxylic acids is 1. The van der Waals surface area contributed by atoms with Gasteiger partial charge in [0.05, 0.1) is 5.56 Å². The van der Waals surface area contributed by atoms with Crippen LogP contribution in [-0.4, -0.2) is 17.2 Å². The lowest BCUT2D eigenvalue weighted by molar-refractivity contribution is 0.0952. The Balaban J connectivity index is 1.73. The molecule has 0 aromatic heterocycles. The van der Waals surface area contributed by atoms with Crippen molar-refractivity contribution in [1.29, 1.82) is 0 Å². The van der Waals surface area contributed by atoms with Gasteiger partial charge in [-0.1, -0.05) is 36.4 Å². The van der Waals surface area contributed by atoms with E-state index in [9.17, 15) is 9.90 Å². The highest BCUT2D eigenvalue weighted by Crippen LogP contribution is 2.24. The van der Waals surface area contributed by atoms with Gasteiger partial charge in [-0.2, -0.15) is 5.10 Å². The molecule has 2 aromatic rings. The second-order valence-electron chi connectivity index (χ2n) is 5.48. The molecular weight excluding hydrogens is 276 g/mol. The van der Waals surface area contributed by atoms with E-state index in [2.05, 4.69) is 22.7 Å². The van der Waals surface area contributed by atoms with Gasteiger partial charge >= 0.3 is 0 Å². The van der Waals surface area contributed by atoms with Gasteiger partial charge in [0.1, 0.15) is 5.75 Å². The predicted molar refractivity (Wildman–Crippen MR) is 88.1 cm³/mol. The molecule has 1 aliphatic carbocycles. The molecule has 2 aromatic carbocycles. The van der Waals surface area contributed by atoms with E-state index in [0.29, 0.717) is 5.92 Å². The molecule has 22 heavy (non-hydrogen) atoms. The van der Waals surface area contributed by atoms with Crippen molar-refractivity contribution in [2.45, 2.75) is 19.3 Å². The third kappa shape index (κ3) is 3.17. The van der Waals surface area contributed by atoms with Crippen LogP contribution in [0.25, 0.3) is 10.8 Å². The van der Waals surface area contributed by atoms with Crippen LogP contribution in [0.3, 0.4) is 0 Å². The van der Waals surface area contributed by atoms with E-state index < -0.39 is 5.91 Å². The number of hydrazone groups is 1. The van der Waals surface area contributed by atoms with Gasteiger partial charge in [0.2, 0.25) is 0 Å². The molecule has 2 N–H and O–H groups in total. The molecule has 4 nitrogen and oxygen atoms in total. The lowest BCUT2D eigenvalue weighted by Crippen LogP contribution is -2.19. The van der Waals surface area contributed by atoms with Gasteiger partial charge in [-0.3, -0.25) is 4.79 Å². The smallest absolute Gasteiger partial charge is 0.275 e. The first-order chi connectivity index (χ1) is 10.7. The van der Waals surface area contributed by atoms with E-state index in [-0.39, 0.29) is 11.3 Å². The number of fused-ring (bicyclic) bond motifs is 1. The molecule has 3 rings (SSSR count). The topological polar surface area (TPSA) is 61.7 Å². The van der Waals surface area contributed by atoms with Crippen LogP contribution >= 0.6 is 0 Å². The molecule has 0 bridgehead atoms. The average Bonchev–Trinajstić information content (AvgIpc) is 2.55. The van der Waals surface area contributed by atoms with Gasteiger partial charge in [0.25, 0.3) is 5.91 Å². The molecule has 0 aliphatic heterocycles. The Kier molecular flexibility index (Phi) is 4.19. The highest BCUT2D eigenvalue weighted by molar-refractivity contribution is 6.01. The highest BCUT2D eigenvalue weighted by Gasteiger charge is 2.12. The number of carbonyl (C=O) groups is 1. The monoisotopic (exact) mass is 294 g/mol. The van der Waals surface area contributed by atoms with Crippen LogP contribution in [0.4, 0.5) is 0 Å². The molecule has 112 valence electrons. The standard InChI is InChI=1S/C18H18N2O2/c21-17-11-15-9-5-4-8-14(15)10-16(17)18(22)20-19-12-13-6-2-1-3-7-13/h1-2,4-5,8-13,21H,3,6-7H2,(H,20,22)/b19-12-/t13-/m1/s1. The number of nitrogens with one attached hydrogen (secondary N) is 1. The molecule has 0 saturated carbocycles. The van der Waals surface area contributed by atoms with Gasteiger partial charge in [0.15, 0.2) is 0 Å². The minimum absolute atomic E-state index is 0.0352. The number of phenolic OH excluding ortho intramolecular Hbond substituents is 1. The Labute approximate surface area is 129 Å². The van der Waals surface area contributed by atoms with Gasteiger partial charge in [-0.25, -0.2) is 5.43 Å². The van der Waals surface area contributed by atoms with Crippen molar-refractivity contribution in [3.63, 3.8) is 0 Å². The maximum atomic E-state index is 12.2. The van der Waals surface area contributed by atoms with Crippen molar-refractivity contribution in [2.75, 3.05) is 0 Å². The minimum Gasteiger partial charge on any atom is -0.507 e. The fourth-order valence-electron chi connectivity index (χ4n) is 2.62. The lowest BCUT2D eigenvalue weighted by Gasteiger charge is -2.12. The molecular formula is C18H18N2O2. The SMILES string of the molecule is O=C(N/N=C\[C@@H]1CC=CCC1)c1cc2ccccc2cc1O. The second kappa shape index (κ2) is 6.43. The van der Waals surface area contributed by atoms with Crippen molar-refractivity contribution in [2.24, 2.45) is 11.0 Å². The molecule has 1 atom stereocenters. The van der Waals surface area contributed by atoms with E-state index in [1.165, 1.54) is 0 Å². The molecule has 0 radical (unpaired) electrons. The van der Waals surface area contributed by atoms with E-state index in [0.717, 1.165) is 30.0 Å². The van der Waals surface area contributed by atoms with Crippen LogP contribution in [0.2, 0.25) is 0 Å². The maximum absolute atomic E-state index is 12.2. The van der Waals surface area contributed by atoms with Crippen LogP contribution < -0.4 is 5.43 Å². The molecule has 1 amide bonds. The number of rotatable bonds is 3. The summed E-state index contributed by atoms with van der Waals surface area (Å²) in [5.74, 6) is -0.0617. The zero-order valence-corrected chi connectivity index (χ0v) is 12.2. The molecule has 0 saturated heterocycles. The molecule has 0 heterocycles. The largest absolute Gasteiger partial charge is 0.507 e. The molecule has 1 aliphatic rings. The Hall–Kier alpha value is -2.62. The predicted octanol–water partition coefficient (Wildman–Crippen LogP) is 3.62. The first kappa shape index (κ1) is 14.3. The van der Waals surface area contributed by atoms with Gasteiger partial charge < -0.3 is 5.11 Å². The van der Waals surface area contributed by atoms with Crippen LogP contribution in [0.1, 0.15) is 29.6 Å². The number of aromatic hydroxyl groups is 1. The van der Waals surface area contributed by atoms with Crippen molar-refractivity contribution < 1.29 is 9.90 Å². The van der Waals surface area contributed by atoms with E-state index in [1.807, 2.05) is 24.3 Å². The summed E-state index contributed by atoms with van der Waals surface area (Å²) < 4.78 is 0. The van der Waals surface area contributed by atoms with Crippen molar-refractivity contribution >= 4 is 22.9 Å². The first-order valence-corrected chi connectivity index (χ1v) is 7.44. The van der Waals surface area contributed by atoms with Crippen LogP contribution in [0.5, 0.6) is 5.75 Å². The van der Waals surface area contributed by atoms with Crippen LogP contribution in [0.15, 0.2) is 53.7 Å². The Morgan fingerprint density at radius 3 is 2.73 bits per heavy atom. The Morgan fingerprint density at radius 1 is 1.23 bits per heavy atom. The fraction of sp³-hybridized carbons (Fsp3) is 0.222. The summed E-state index contributed by atoms with van der Waals surface area (Å²) in [6.45, 7) is 0. The van der Waals surface area contributed by atoms with Gasteiger partial charge in [0, 0.05) is 6.21 Å². The van der Waals surface area contributed by atoms with Crippen LogP contribution in [0, 0.1) is 5.92 Å². The number of hydrogen-bond acceptors (Lipinski definition) is 3. The first-order valence-electron chi connectivity index (χ1n) is 7.44. The second-order valence-corrected chi connectivity index (χ2v) is 5.48. The van der Waals surface area contributed by atoms with Gasteiger partial charge in [-0.05, 0) is 48.1 Å². The number of phenols is 1. The summed E-state index contributed by atoms with van der Waals surface area (Å²) in [5.41, 5.74) is 2.73. The zero-order chi connectivity index (χ0) is 15.4. The van der Waals surface area contributed by atoms with Gasteiger partial charge in [-0.15, -0.1) is 0 Å².